The molecule has 0 unspecified atom stereocenters. The molecule has 0 saturated carbocycles. The van der Waals surface area contributed by atoms with E-state index in [1.165, 1.54) is 5.56 Å². The van der Waals surface area contributed by atoms with Gasteiger partial charge in [-0.25, -0.2) is 9.67 Å². The molecule has 27 heavy (non-hydrogen) atoms. The Morgan fingerprint density at radius 2 is 1.74 bits per heavy atom. The molecule has 3 rings (SSSR count). The quantitative estimate of drug-likeness (QED) is 0.593. The maximum absolute atomic E-state index is 12.4. The van der Waals surface area contributed by atoms with Crippen LogP contribution in [0.15, 0.2) is 60.7 Å². The second-order valence-electron chi connectivity index (χ2n) is 6.19. The van der Waals surface area contributed by atoms with Crippen molar-refractivity contribution in [2.24, 2.45) is 0 Å². The van der Waals surface area contributed by atoms with Crippen LogP contribution in [0.25, 0.3) is 5.69 Å². The summed E-state index contributed by atoms with van der Waals surface area (Å²) in [4.78, 5) is 16.9. The molecule has 6 heteroatoms. The minimum absolute atomic E-state index is 0.194. The Labute approximate surface area is 159 Å². The van der Waals surface area contributed by atoms with Gasteiger partial charge in [0, 0.05) is 26.7 Å². The number of aromatic nitrogens is 3. The monoisotopic (exact) mass is 364 g/mol. The van der Waals surface area contributed by atoms with E-state index in [0.29, 0.717) is 19.6 Å². The molecule has 0 fully saturated rings. The molecule has 1 N–H and O–H groups in total. The Morgan fingerprint density at radius 1 is 1.04 bits per heavy atom. The van der Waals surface area contributed by atoms with Gasteiger partial charge in [-0.05, 0) is 30.5 Å². The number of para-hydroxylation sites is 1. The molecular weight excluding hydrogens is 340 g/mol. The summed E-state index contributed by atoms with van der Waals surface area (Å²) >= 11 is 0. The number of hydrogen-bond donors (Lipinski definition) is 1. The number of methoxy groups -OCH3 is 1. The first kappa shape index (κ1) is 18.8. The molecule has 1 amide bonds. The summed E-state index contributed by atoms with van der Waals surface area (Å²) in [6, 6.07) is 20.0. The van der Waals surface area contributed by atoms with Crippen molar-refractivity contribution < 1.29 is 9.53 Å². The molecule has 3 aromatic rings. The average molecular weight is 364 g/mol. The third-order valence-electron chi connectivity index (χ3n) is 4.17. The summed E-state index contributed by atoms with van der Waals surface area (Å²) in [7, 11) is 1.64. The fraction of sp³-hybridized carbons (Fsp3) is 0.286. The summed E-state index contributed by atoms with van der Waals surface area (Å²) in [6.07, 6.45) is 2.28. The van der Waals surface area contributed by atoms with Crippen molar-refractivity contribution in [1.29, 1.82) is 0 Å². The van der Waals surface area contributed by atoms with Crippen LogP contribution >= 0.6 is 0 Å². The van der Waals surface area contributed by atoms with Gasteiger partial charge < -0.3 is 10.1 Å². The zero-order valence-corrected chi connectivity index (χ0v) is 15.5. The molecular formula is C21H24N4O2. The summed E-state index contributed by atoms with van der Waals surface area (Å²) in [6.45, 7) is 1.14. The summed E-state index contributed by atoms with van der Waals surface area (Å²) in [5.74, 6) is 0.702. The van der Waals surface area contributed by atoms with Gasteiger partial charge in [0.25, 0.3) is 5.91 Å². The number of carbonyl (C=O) groups is 1. The van der Waals surface area contributed by atoms with Crippen molar-refractivity contribution in [3.63, 3.8) is 0 Å². The molecule has 2 aromatic carbocycles. The number of rotatable bonds is 9. The van der Waals surface area contributed by atoms with Gasteiger partial charge in [-0.2, -0.15) is 0 Å². The maximum Gasteiger partial charge on any atom is 0.290 e. The number of carbonyl (C=O) groups excluding carboxylic acids is 1. The van der Waals surface area contributed by atoms with Gasteiger partial charge in [0.05, 0.1) is 5.69 Å². The van der Waals surface area contributed by atoms with E-state index in [2.05, 4.69) is 27.5 Å². The van der Waals surface area contributed by atoms with Gasteiger partial charge in [0.2, 0.25) is 5.82 Å². The first-order valence-corrected chi connectivity index (χ1v) is 9.10. The molecule has 0 saturated heterocycles. The number of benzene rings is 2. The predicted molar refractivity (Wildman–Crippen MR) is 104 cm³/mol. The molecule has 0 aliphatic rings. The third kappa shape index (κ3) is 5.24. The lowest BCUT2D eigenvalue weighted by molar-refractivity contribution is 0.0938. The summed E-state index contributed by atoms with van der Waals surface area (Å²) < 4.78 is 6.75. The largest absolute Gasteiger partial charge is 0.385 e. The van der Waals surface area contributed by atoms with Gasteiger partial charge >= 0.3 is 0 Å². The first-order valence-electron chi connectivity index (χ1n) is 9.10. The van der Waals surface area contributed by atoms with E-state index in [4.69, 9.17) is 4.74 Å². The van der Waals surface area contributed by atoms with E-state index in [0.717, 1.165) is 24.4 Å². The van der Waals surface area contributed by atoms with Crippen molar-refractivity contribution in [3.05, 3.63) is 77.9 Å². The first-order chi connectivity index (χ1) is 13.3. The maximum atomic E-state index is 12.4. The Morgan fingerprint density at radius 3 is 2.44 bits per heavy atom. The van der Waals surface area contributed by atoms with Crippen LogP contribution in [0.1, 0.15) is 28.4 Å². The fourth-order valence-electron chi connectivity index (χ4n) is 2.78. The van der Waals surface area contributed by atoms with Crippen molar-refractivity contribution in [1.82, 2.24) is 20.1 Å². The van der Waals surface area contributed by atoms with Crippen molar-refractivity contribution in [2.45, 2.75) is 19.3 Å². The highest BCUT2D eigenvalue weighted by Gasteiger charge is 2.17. The molecule has 0 bridgehead atoms. The highest BCUT2D eigenvalue weighted by molar-refractivity contribution is 5.90. The van der Waals surface area contributed by atoms with Gasteiger partial charge in [-0.1, -0.05) is 48.5 Å². The van der Waals surface area contributed by atoms with Crippen LogP contribution in [0.4, 0.5) is 0 Å². The summed E-state index contributed by atoms with van der Waals surface area (Å²) in [5.41, 5.74) is 2.12. The second kappa shape index (κ2) is 9.64. The SMILES string of the molecule is COCCCNC(=O)c1nc(CCc2ccccc2)n(-c2ccccc2)n1. The highest BCUT2D eigenvalue weighted by Crippen LogP contribution is 2.12. The van der Waals surface area contributed by atoms with Crippen molar-refractivity contribution in [2.75, 3.05) is 20.3 Å². The molecule has 1 aromatic heterocycles. The van der Waals surface area contributed by atoms with E-state index in [-0.39, 0.29) is 11.7 Å². The molecule has 1 heterocycles. The van der Waals surface area contributed by atoms with Crippen LogP contribution in [-0.4, -0.2) is 40.9 Å². The molecule has 0 radical (unpaired) electrons. The van der Waals surface area contributed by atoms with E-state index in [1.807, 2.05) is 48.5 Å². The van der Waals surface area contributed by atoms with Crippen LogP contribution in [-0.2, 0) is 17.6 Å². The Hall–Kier alpha value is -2.99. The smallest absolute Gasteiger partial charge is 0.290 e. The molecule has 0 aliphatic heterocycles. The zero-order chi connectivity index (χ0) is 18.9. The fourth-order valence-corrected chi connectivity index (χ4v) is 2.78. The number of ether oxygens (including phenoxy) is 1. The average Bonchev–Trinajstić information content (AvgIpc) is 3.15. The van der Waals surface area contributed by atoms with Crippen LogP contribution in [0.3, 0.4) is 0 Å². The number of amides is 1. The second-order valence-corrected chi connectivity index (χ2v) is 6.19. The van der Waals surface area contributed by atoms with Gasteiger partial charge in [0.1, 0.15) is 5.82 Å². The lowest BCUT2D eigenvalue weighted by atomic mass is 10.1. The Kier molecular flexibility index (Phi) is 6.71. The number of hydrogen-bond acceptors (Lipinski definition) is 4. The predicted octanol–water partition coefficient (Wildman–Crippen LogP) is 2.82. The molecule has 0 aliphatic carbocycles. The normalized spacial score (nSPS) is 10.7. The van der Waals surface area contributed by atoms with Gasteiger partial charge in [0.15, 0.2) is 0 Å². The number of nitrogens with one attached hydrogen (secondary N) is 1. The van der Waals surface area contributed by atoms with Crippen LogP contribution in [0.5, 0.6) is 0 Å². The molecule has 6 nitrogen and oxygen atoms in total. The minimum atomic E-state index is -0.262. The van der Waals surface area contributed by atoms with Crippen LogP contribution in [0, 0.1) is 0 Å². The Balaban J connectivity index is 1.77. The summed E-state index contributed by atoms with van der Waals surface area (Å²) in [5, 5.41) is 7.30. The molecule has 140 valence electrons. The number of aryl methyl sites for hydroxylation is 2. The van der Waals surface area contributed by atoms with Crippen molar-refractivity contribution >= 4 is 5.91 Å². The third-order valence-corrected chi connectivity index (χ3v) is 4.17. The van der Waals surface area contributed by atoms with Crippen molar-refractivity contribution in [3.8, 4) is 5.69 Å². The van der Waals surface area contributed by atoms with Gasteiger partial charge in [-0.3, -0.25) is 4.79 Å². The van der Waals surface area contributed by atoms with E-state index in [1.54, 1.807) is 11.8 Å². The van der Waals surface area contributed by atoms with E-state index in [9.17, 15) is 4.79 Å². The topological polar surface area (TPSA) is 69.0 Å². The van der Waals surface area contributed by atoms with Crippen LogP contribution < -0.4 is 5.32 Å². The van der Waals surface area contributed by atoms with Gasteiger partial charge in [-0.15, -0.1) is 5.10 Å². The molecule has 0 atom stereocenters. The zero-order valence-electron chi connectivity index (χ0n) is 15.5. The standard InChI is InChI=1S/C21H24N4O2/c1-27-16-8-15-22-21(26)20-23-19(14-13-17-9-4-2-5-10-17)25(24-20)18-11-6-3-7-12-18/h2-7,9-12H,8,13-16H2,1H3,(H,22,26). The highest BCUT2D eigenvalue weighted by atomic mass is 16.5. The lowest BCUT2D eigenvalue weighted by Gasteiger charge is -2.05. The van der Waals surface area contributed by atoms with Crippen LogP contribution in [0.2, 0.25) is 0 Å². The minimum Gasteiger partial charge on any atom is -0.385 e. The lowest BCUT2D eigenvalue weighted by Crippen LogP contribution is -2.26. The van der Waals surface area contributed by atoms with E-state index < -0.39 is 0 Å². The van der Waals surface area contributed by atoms with E-state index >= 15 is 0 Å². The number of nitrogens with zero attached hydrogens (tertiary/aromatic N) is 3. The Bertz CT molecular complexity index is 847. The molecule has 0 spiro atoms.